The zero-order chi connectivity index (χ0) is 13.8. The maximum atomic E-state index is 11.4. The van der Waals surface area contributed by atoms with Gasteiger partial charge in [-0.3, -0.25) is 9.59 Å². The first-order valence-electron chi connectivity index (χ1n) is 5.91. The Bertz CT molecular complexity index is 663. The molecule has 6 heteroatoms. The van der Waals surface area contributed by atoms with Gasteiger partial charge in [0.1, 0.15) is 11.4 Å². The predicted molar refractivity (Wildman–Crippen MR) is 69.5 cm³/mol. The van der Waals surface area contributed by atoms with Crippen LogP contribution in [0.2, 0.25) is 0 Å². The maximum absolute atomic E-state index is 11.4. The average molecular weight is 262 g/mol. The molecule has 0 saturated heterocycles. The Kier molecular flexibility index (Phi) is 3.79. The Morgan fingerprint density at radius 3 is 3.00 bits per heavy atom. The number of nitrogens with one attached hydrogen (secondary N) is 1. The van der Waals surface area contributed by atoms with Gasteiger partial charge in [0.2, 0.25) is 0 Å². The first-order valence-corrected chi connectivity index (χ1v) is 5.91. The molecule has 0 aliphatic heterocycles. The van der Waals surface area contributed by atoms with Crippen molar-refractivity contribution < 1.29 is 14.6 Å². The molecule has 19 heavy (non-hydrogen) atoms. The summed E-state index contributed by atoms with van der Waals surface area (Å²) in [6, 6.07) is 5.16. The third kappa shape index (κ3) is 3.31. The molecule has 0 amide bonds. The molecule has 0 aliphatic rings. The number of fused-ring (bicyclic) bond motifs is 1. The quantitative estimate of drug-likeness (QED) is 0.796. The normalized spacial score (nSPS) is 10.6. The lowest BCUT2D eigenvalue weighted by molar-refractivity contribution is -0.137. The lowest BCUT2D eigenvalue weighted by atomic mass is 10.2. The van der Waals surface area contributed by atoms with E-state index in [1.165, 1.54) is 0 Å². The minimum atomic E-state index is -0.836. The topological polar surface area (TPSA) is 92.3 Å². The molecule has 0 aliphatic carbocycles. The molecule has 2 aromatic rings. The number of H-pyrrole nitrogens is 1. The summed E-state index contributed by atoms with van der Waals surface area (Å²) in [5.41, 5.74) is 1.49. The molecule has 6 nitrogen and oxygen atoms in total. The van der Waals surface area contributed by atoms with Gasteiger partial charge in [-0.1, -0.05) is 0 Å². The second kappa shape index (κ2) is 5.51. The molecule has 2 N–H and O–H groups in total. The van der Waals surface area contributed by atoms with Gasteiger partial charge < -0.3 is 14.8 Å². The highest BCUT2D eigenvalue weighted by Crippen LogP contribution is 2.17. The van der Waals surface area contributed by atoms with Gasteiger partial charge in [0.15, 0.2) is 0 Å². The van der Waals surface area contributed by atoms with Gasteiger partial charge in [-0.15, -0.1) is 0 Å². The Hall–Kier alpha value is -2.37. The van der Waals surface area contributed by atoms with Gasteiger partial charge in [-0.2, -0.15) is 0 Å². The van der Waals surface area contributed by atoms with Gasteiger partial charge in [-0.25, -0.2) is 4.98 Å². The summed E-state index contributed by atoms with van der Waals surface area (Å²) >= 11 is 0. The molecule has 0 saturated carbocycles. The summed E-state index contributed by atoms with van der Waals surface area (Å²) < 4.78 is 5.44. The standard InChI is InChI=1S/C13H14N2O4/c1-8-13(18)15-10-5-4-9(7-11(10)14-8)19-6-2-3-12(16)17/h4-5,7H,2-3,6H2,1H3,(H,15,18)(H,16,17). The molecule has 2 rings (SSSR count). The Morgan fingerprint density at radius 2 is 2.26 bits per heavy atom. The molecule has 0 radical (unpaired) electrons. The number of ether oxygens (including phenoxy) is 1. The fraction of sp³-hybridized carbons (Fsp3) is 0.308. The Balaban J connectivity index is 2.11. The number of aliphatic carboxylic acids is 1. The van der Waals surface area contributed by atoms with Crippen LogP contribution in [0.1, 0.15) is 18.5 Å². The minimum absolute atomic E-state index is 0.0816. The number of rotatable bonds is 5. The number of carbonyl (C=O) groups is 1. The first kappa shape index (κ1) is 13.1. The van der Waals surface area contributed by atoms with Crippen LogP contribution in [-0.2, 0) is 4.79 Å². The molecule has 0 fully saturated rings. The van der Waals surface area contributed by atoms with Crippen molar-refractivity contribution in [3.05, 3.63) is 34.2 Å². The minimum Gasteiger partial charge on any atom is -0.494 e. The van der Waals surface area contributed by atoms with Crippen molar-refractivity contribution in [2.24, 2.45) is 0 Å². The number of aryl methyl sites for hydroxylation is 1. The van der Waals surface area contributed by atoms with Crippen LogP contribution in [0.3, 0.4) is 0 Å². The molecule has 1 aromatic heterocycles. The summed E-state index contributed by atoms with van der Waals surface area (Å²) in [7, 11) is 0. The fourth-order valence-corrected chi connectivity index (χ4v) is 1.66. The van der Waals surface area contributed by atoms with Gasteiger partial charge in [0.25, 0.3) is 5.56 Å². The summed E-state index contributed by atoms with van der Waals surface area (Å²) in [5, 5.41) is 8.51. The lowest BCUT2D eigenvalue weighted by Crippen LogP contribution is -2.11. The lowest BCUT2D eigenvalue weighted by Gasteiger charge is -2.06. The van der Waals surface area contributed by atoms with Crippen molar-refractivity contribution in [3.8, 4) is 5.75 Å². The average Bonchev–Trinajstić information content (AvgIpc) is 2.36. The number of nitrogens with zero attached hydrogens (tertiary/aromatic N) is 1. The van der Waals surface area contributed by atoms with Crippen molar-refractivity contribution >= 4 is 17.0 Å². The Morgan fingerprint density at radius 1 is 1.47 bits per heavy atom. The van der Waals surface area contributed by atoms with E-state index in [9.17, 15) is 9.59 Å². The molecule has 1 heterocycles. The number of carboxylic acids is 1. The van der Waals surface area contributed by atoms with Crippen molar-refractivity contribution in [2.45, 2.75) is 19.8 Å². The van der Waals surface area contributed by atoms with Gasteiger partial charge in [0.05, 0.1) is 17.6 Å². The molecular formula is C13H14N2O4. The monoisotopic (exact) mass is 262 g/mol. The smallest absolute Gasteiger partial charge is 0.303 e. The van der Waals surface area contributed by atoms with E-state index in [1.54, 1.807) is 25.1 Å². The molecule has 0 unspecified atom stereocenters. The number of hydrogen-bond acceptors (Lipinski definition) is 4. The summed E-state index contributed by atoms with van der Waals surface area (Å²) in [6.07, 6.45) is 0.531. The first-order chi connectivity index (χ1) is 9.06. The number of benzene rings is 1. The molecule has 1 aromatic carbocycles. The zero-order valence-electron chi connectivity index (χ0n) is 10.5. The van der Waals surface area contributed by atoms with Crippen LogP contribution in [0.25, 0.3) is 11.0 Å². The molecule has 0 atom stereocenters. The predicted octanol–water partition coefficient (Wildman–Crippen LogP) is 1.48. The fourth-order valence-electron chi connectivity index (χ4n) is 1.66. The third-order valence-electron chi connectivity index (χ3n) is 2.64. The van der Waals surface area contributed by atoms with Crippen LogP contribution in [-0.4, -0.2) is 27.7 Å². The molecule has 0 bridgehead atoms. The van der Waals surface area contributed by atoms with Crippen molar-refractivity contribution in [2.75, 3.05) is 6.61 Å². The number of carboxylic acid groups (broad SMARTS) is 1. The van der Waals surface area contributed by atoms with Crippen LogP contribution in [0, 0.1) is 6.92 Å². The van der Waals surface area contributed by atoms with E-state index >= 15 is 0 Å². The van der Waals surface area contributed by atoms with Crippen LogP contribution in [0.5, 0.6) is 5.75 Å². The molecule has 100 valence electrons. The van der Waals surface area contributed by atoms with Crippen molar-refractivity contribution in [1.29, 1.82) is 0 Å². The second-order valence-electron chi connectivity index (χ2n) is 4.18. The van der Waals surface area contributed by atoms with E-state index in [1.807, 2.05) is 0 Å². The second-order valence-corrected chi connectivity index (χ2v) is 4.18. The van der Waals surface area contributed by atoms with E-state index in [2.05, 4.69) is 9.97 Å². The zero-order valence-corrected chi connectivity index (χ0v) is 10.5. The highest BCUT2D eigenvalue weighted by Gasteiger charge is 2.03. The molecular weight excluding hydrogens is 248 g/mol. The maximum Gasteiger partial charge on any atom is 0.303 e. The van der Waals surface area contributed by atoms with Gasteiger partial charge in [0, 0.05) is 12.5 Å². The summed E-state index contributed by atoms with van der Waals surface area (Å²) in [5.74, 6) is -0.228. The van der Waals surface area contributed by atoms with Crippen LogP contribution in [0.15, 0.2) is 23.0 Å². The number of aromatic amines is 1. The van der Waals surface area contributed by atoms with E-state index in [0.717, 1.165) is 0 Å². The van der Waals surface area contributed by atoms with E-state index < -0.39 is 5.97 Å². The van der Waals surface area contributed by atoms with Crippen LogP contribution >= 0.6 is 0 Å². The van der Waals surface area contributed by atoms with E-state index in [0.29, 0.717) is 35.5 Å². The van der Waals surface area contributed by atoms with E-state index in [-0.39, 0.29) is 12.0 Å². The molecule has 0 spiro atoms. The summed E-state index contributed by atoms with van der Waals surface area (Å²) in [4.78, 5) is 28.6. The SMILES string of the molecule is Cc1nc2cc(OCCCC(=O)O)ccc2[nH]c1=O. The van der Waals surface area contributed by atoms with Crippen molar-refractivity contribution in [1.82, 2.24) is 9.97 Å². The Labute approximate surface area is 109 Å². The van der Waals surface area contributed by atoms with E-state index in [4.69, 9.17) is 9.84 Å². The highest BCUT2D eigenvalue weighted by molar-refractivity contribution is 5.75. The number of aromatic nitrogens is 2. The highest BCUT2D eigenvalue weighted by atomic mass is 16.5. The summed E-state index contributed by atoms with van der Waals surface area (Å²) in [6.45, 7) is 1.97. The number of hydrogen-bond donors (Lipinski definition) is 2. The largest absolute Gasteiger partial charge is 0.494 e. The van der Waals surface area contributed by atoms with Crippen molar-refractivity contribution in [3.63, 3.8) is 0 Å². The van der Waals surface area contributed by atoms with Gasteiger partial charge >= 0.3 is 5.97 Å². The third-order valence-corrected chi connectivity index (χ3v) is 2.64. The van der Waals surface area contributed by atoms with Crippen LogP contribution < -0.4 is 10.3 Å². The van der Waals surface area contributed by atoms with Crippen LogP contribution in [0.4, 0.5) is 0 Å². The van der Waals surface area contributed by atoms with Gasteiger partial charge in [-0.05, 0) is 25.5 Å².